The first-order valence-corrected chi connectivity index (χ1v) is 9.05. The molecule has 0 bridgehead atoms. The lowest BCUT2D eigenvalue weighted by Crippen LogP contribution is -2.36. The van der Waals surface area contributed by atoms with E-state index < -0.39 is 6.04 Å². The van der Waals surface area contributed by atoms with Gasteiger partial charge in [0.1, 0.15) is 6.04 Å². The number of benzene rings is 2. The molecule has 0 fully saturated rings. The molecule has 4 rings (SSSR count). The van der Waals surface area contributed by atoms with Crippen LogP contribution in [-0.2, 0) is 16.0 Å². The number of aromatic nitrogens is 3. The molecule has 0 spiro atoms. The number of hydrogen-bond donors (Lipinski definition) is 2. The van der Waals surface area contributed by atoms with Gasteiger partial charge in [-0.15, -0.1) is 0 Å². The fourth-order valence-corrected chi connectivity index (χ4v) is 3.31. The monoisotopic (exact) mass is 363 g/mol. The van der Waals surface area contributed by atoms with Gasteiger partial charge in [0.05, 0.1) is 6.42 Å². The second-order valence-electron chi connectivity index (χ2n) is 7.18. The van der Waals surface area contributed by atoms with Crippen molar-refractivity contribution in [2.75, 3.05) is 10.6 Å². The number of nitrogens with one attached hydrogen (secondary N) is 2. The minimum Gasteiger partial charge on any atom is -0.324 e. The van der Waals surface area contributed by atoms with Crippen molar-refractivity contribution in [3.8, 4) is 0 Å². The van der Waals surface area contributed by atoms with Gasteiger partial charge in [0.15, 0.2) is 5.82 Å². The van der Waals surface area contributed by atoms with E-state index in [2.05, 4.69) is 34.6 Å². The minimum absolute atomic E-state index is 0.0358. The van der Waals surface area contributed by atoms with Crippen LogP contribution >= 0.6 is 0 Å². The zero-order valence-electron chi connectivity index (χ0n) is 15.3. The van der Waals surface area contributed by atoms with E-state index in [0.29, 0.717) is 29.8 Å². The molecule has 7 nitrogen and oxygen atoms in total. The van der Waals surface area contributed by atoms with E-state index in [1.165, 1.54) is 4.68 Å². The average Bonchev–Trinajstić information content (AvgIpc) is 3.02. The number of rotatable bonds is 4. The summed E-state index contributed by atoms with van der Waals surface area (Å²) in [6.45, 7) is 4.15. The van der Waals surface area contributed by atoms with Gasteiger partial charge < -0.3 is 5.32 Å². The first kappa shape index (κ1) is 17.2. The van der Waals surface area contributed by atoms with Crippen molar-refractivity contribution in [3.05, 3.63) is 48.3 Å². The predicted octanol–water partition coefficient (Wildman–Crippen LogP) is 3.15. The molecular formula is C20H21N5O2. The van der Waals surface area contributed by atoms with Gasteiger partial charge in [-0.05, 0) is 17.4 Å². The number of hydrogen-bond acceptors (Lipinski definition) is 4. The fourth-order valence-electron chi connectivity index (χ4n) is 3.31. The van der Waals surface area contributed by atoms with Crippen molar-refractivity contribution in [2.24, 2.45) is 5.92 Å². The molecule has 2 N–H and O–H groups in total. The van der Waals surface area contributed by atoms with Crippen LogP contribution in [0.1, 0.15) is 32.1 Å². The number of amides is 2. The van der Waals surface area contributed by atoms with Crippen LogP contribution in [-0.4, -0.2) is 26.6 Å². The average molecular weight is 363 g/mol. The molecule has 1 aliphatic heterocycles. The molecular weight excluding hydrogens is 342 g/mol. The van der Waals surface area contributed by atoms with Crippen molar-refractivity contribution < 1.29 is 9.59 Å². The Morgan fingerprint density at radius 1 is 1.26 bits per heavy atom. The van der Waals surface area contributed by atoms with E-state index >= 15 is 0 Å². The van der Waals surface area contributed by atoms with Gasteiger partial charge in [0, 0.05) is 17.5 Å². The Kier molecular flexibility index (Phi) is 4.35. The standard InChI is InChI=1S/C20H21N5O2/c1-12(2)10-17-22-20-23-18(26)11-16(25(20)24-17)19(27)21-15-9-5-7-13-6-3-4-8-14(13)15/h3-9,12,16H,10-11H2,1-2H3,(H,21,27)(H,22,23,24,26). The smallest absolute Gasteiger partial charge is 0.249 e. The molecule has 3 aromatic rings. The van der Waals surface area contributed by atoms with Crippen LogP contribution in [0.15, 0.2) is 42.5 Å². The number of fused-ring (bicyclic) bond motifs is 2. The van der Waals surface area contributed by atoms with Crippen LogP contribution in [0.4, 0.5) is 11.6 Å². The maximum absolute atomic E-state index is 13.0. The quantitative estimate of drug-likeness (QED) is 0.745. The van der Waals surface area contributed by atoms with Gasteiger partial charge in [-0.1, -0.05) is 50.2 Å². The van der Waals surface area contributed by atoms with Crippen LogP contribution in [0.3, 0.4) is 0 Å². The number of carbonyl (C=O) groups is 2. The predicted molar refractivity (Wildman–Crippen MR) is 103 cm³/mol. The largest absolute Gasteiger partial charge is 0.324 e. The highest BCUT2D eigenvalue weighted by Crippen LogP contribution is 2.27. The van der Waals surface area contributed by atoms with Crippen LogP contribution in [0.2, 0.25) is 0 Å². The summed E-state index contributed by atoms with van der Waals surface area (Å²) in [6.07, 6.45) is 0.724. The molecule has 0 saturated heterocycles. The molecule has 0 aliphatic carbocycles. The summed E-state index contributed by atoms with van der Waals surface area (Å²) in [6, 6.07) is 12.9. The normalized spacial score (nSPS) is 16.3. The summed E-state index contributed by atoms with van der Waals surface area (Å²) < 4.78 is 1.53. The highest BCUT2D eigenvalue weighted by molar-refractivity contribution is 6.05. The van der Waals surface area contributed by atoms with Crippen molar-refractivity contribution in [2.45, 2.75) is 32.7 Å². The fraction of sp³-hybridized carbons (Fsp3) is 0.300. The number of carbonyl (C=O) groups excluding carboxylic acids is 2. The highest BCUT2D eigenvalue weighted by atomic mass is 16.2. The van der Waals surface area contributed by atoms with Gasteiger partial charge in [0.2, 0.25) is 17.8 Å². The molecule has 1 atom stereocenters. The Labute approximate surface area is 156 Å². The molecule has 2 amide bonds. The van der Waals surface area contributed by atoms with E-state index in [9.17, 15) is 9.59 Å². The lowest BCUT2D eigenvalue weighted by molar-refractivity contribution is -0.125. The topological polar surface area (TPSA) is 88.9 Å². The van der Waals surface area contributed by atoms with E-state index in [1.807, 2.05) is 42.5 Å². The van der Waals surface area contributed by atoms with Gasteiger partial charge in [0.25, 0.3) is 0 Å². The zero-order chi connectivity index (χ0) is 19.0. The summed E-state index contributed by atoms with van der Waals surface area (Å²) in [7, 11) is 0. The van der Waals surface area contributed by atoms with E-state index in [0.717, 1.165) is 10.8 Å². The van der Waals surface area contributed by atoms with E-state index in [-0.39, 0.29) is 18.2 Å². The Morgan fingerprint density at radius 3 is 2.85 bits per heavy atom. The molecule has 138 valence electrons. The maximum atomic E-state index is 13.0. The molecule has 2 heterocycles. The first-order valence-electron chi connectivity index (χ1n) is 9.05. The van der Waals surface area contributed by atoms with Crippen molar-refractivity contribution in [3.63, 3.8) is 0 Å². The summed E-state index contributed by atoms with van der Waals surface area (Å²) >= 11 is 0. The Bertz CT molecular complexity index is 1020. The summed E-state index contributed by atoms with van der Waals surface area (Å²) in [5.74, 6) is 0.839. The lowest BCUT2D eigenvalue weighted by Gasteiger charge is -2.22. The third kappa shape index (κ3) is 3.40. The van der Waals surface area contributed by atoms with E-state index in [4.69, 9.17) is 0 Å². The molecule has 27 heavy (non-hydrogen) atoms. The highest BCUT2D eigenvalue weighted by Gasteiger charge is 2.33. The van der Waals surface area contributed by atoms with Gasteiger partial charge >= 0.3 is 0 Å². The number of anilines is 2. The van der Waals surface area contributed by atoms with Crippen molar-refractivity contribution >= 4 is 34.2 Å². The van der Waals surface area contributed by atoms with Gasteiger partial charge in [-0.25, -0.2) is 4.68 Å². The molecule has 0 saturated carbocycles. The third-order valence-corrected chi connectivity index (χ3v) is 4.54. The summed E-state index contributed by atoms with van der Waals surface area (Å²) in [4.78, 5) is 29.4. The number of nitrogens with zero attached hydrogens (tertiary/aromatic N) is 3. The van der Waals surface area contributed by atoms with E-state index in [1.54, 1.807) is 0 Å². The molecule has 0 radical (unpaired) electrons. The van der Waals surface area contributed by atoms with Gasteiger partial charge in [-0.3, -0.25) is 14.9 Å². The Balaban J connectivity index is 1.64. The molecule has 1 aliphatic rings. The van der Waals surface area contributed by atoms with Crippen LogP contribution in [0.5, 0.6) is 0 Å². The van der Waals surface area contributed by atoms with Crippen LogP contribution in [0.25, 0.3) is 10.8 Å². The zero-order valence-corrected chi connectivity index (χ0v) is 15.3. The molecule has 2 aromatic carbocycles. The van der Waals surface area contributed by atoms with Gasteiger partial charge in [-0.2, -0.15) is 10.1 Å². The Hall–Kier alpha value is -3.22. The first-order chi connectivity index (χ1) is 13.0. The Morgan fingerprint density at radius 2 is 2.04 bits per heavy atom. The molecule has 1 aromatic heterocycles. The SMILES string of the molecule is CC(C)Cc1nc2n(n1)C(C(=O)Nc1cccc3ccccc13)CC(=O)N2. The van der Waals surface area contributed by atoms with Crippen LogP contribution < -0.4 is 10.6 Å². The maximum Gasteiger partial charge on any atom is 0.249 e. The summed E-state index contributed by atoms with van der Waals surface area (Å²) in [5, 5.41) is 12.1. The van der Waals surface area contributed by atoms with Crippen molar-refractivity contribution in [1.82, 2.24) is 14.8 Å². The second kappa shape index (κ2) is 6.83. The minimum atomic E-state index is -0.721. The lowest BCUT2D eigenvalue weighted by atomic mass is 10.1. The molecule has 7 heteroatoms. The third-order valence-electron chi connectivity index (χ3n) is 4.54. The molecule has 1 unspecified atom stereocenters. The second-order valence-corrected chi connectivity index (χ2v) is 7.18. The van der Waals surface area contributed by atoms with Crippen molar-refractivity contribution in [1.29, 1.82) is 0 Å². The summed E-state index contributed by atoms with van der Waals surface area (Å²) in [5.41, 5.74) is 0.716. The van der Waals surface area contributed by atoms with Crippen LogP contribution in [0, 0.1) is 5.92 Å².